The summed E-state index contributed by atoms with van der Waals surface area (Å²) in [6, 6.07) is 18.1. The van der Waals surface area contributed by atoms with Crippen molar-refractivity contribution >= 4 is 40.4 Å². The number of para-hydroxylation sites is 2. The van der Waals surface area contributed by atoms with Gasteiger partial charge in [-0.05, 0) is 12.1 Å². The minimum absolute atomic E-state index is 0.0146. The topological polar surface area (TPSA) is 48.5 Å². The first-order chi connectivity index (χ1) is 15.2. The van der Waals surface area contributed by atoms with Crippen LogP contribution in [-0.4, -0.2) is 54.3 Å². The van der Waals surface area contributed by atoms with E-state index in [0.29, 0.717) is 5.75 Å². The molecule has 5 nitrogen and oxygen atoms in total. The first kappa shape index (κ1) is 21.6. The number of hydrogen-bond acceptors (Lipinski definition) is 6. The maximum absolute atomic E-state index is 12.6. The van der Waals surface area contributed by atoms with Crippen molar-refractivity contribution in [1.82, 2.24) is 9.88 Å². The summed E-state index contributed by atoms with van der Waals surface area (Å²) in [7, 11) is 0. The smallest absolute Gasteiger partial charge is 0.234 e. The second-order valence-corrected chi connectivity index (χ2v) is 9.38. The number of rotatable bonds is 8. The Morgan fingerprint density at radius 1 is 1.10 bits per heavy atom. The predicted octanol–water partition coefficient (Wildman–Crippen LogP) is 4.85. The zero-order chi connectivity index (χ0) is 21.5. The number of carbonyl (C=O) groups excluding carboxylic acids is 1. The van der Waals surface area contributed by atoms with Gasteiger partial charge in [0.1, 0.15) is 0 Å². The SMILES string of the molecule is C=CCN1CCN(c2ccccc2NC(=O)CSc2nc(-c3ccccc3)cs2)CC1. The van der Waals surface area contributed by atoms with Crippen LogP contribution in [0.25, 0.3) is 11.3 Å². The summed E-state index contributed by atoms with van der Waals surface area (Å²) in [5.41, 5.74) is 4.00. The van der Waals surface area contributed by atoms with Crippen LogP contribution in [0.1, 0.15) is 0 Å². The number of carbonyl (C=O) groups is 1. The number of hydrogen-bond donors (Lipinski definition) is 1. The molecule has 0 unspecified atom stereocenters. The molecule has 1 amide bonds. The summed E-state index contributed by atoms with van der Waals surface area (Å²) in [6.07, 6.45) is 1.95. The number of anilines is 2. The summed E-state index contributed by atoms with van der Waals surface area (Å²) < 4.78 is 0.903. The van der Waals surface area contributed by atoms with Gasteiger partial charge in [0.25, 0.3) is 0 Å². The quantitative estimate of drug-likeness (QED) is 0.393. The van der Waals surface area contributed by atoms with Crippen molar-refractivity contribution in [1.29, 1.82) is 0 Å². The Morgan fingerprint density at radius 3 is 2.61 bits per heavy atom. The highest BCUT2D eigenvalue weighted by Crippen LogP contribution is 2.30. The minimum Gasteiger partial charge on any atom is -0.367 e. The highest BCUT2D eigenvalue weighted by atomic mass is 32.2. The van der Waals surface area contributed by atoms with Crippen LogP contribution in [0, 0.1) is 0 Å². The summed E-state index contributed by atoms with van der Waals surface area (Å²) in [6.45, 7) is 8.63. The standard InChI is InChI=1S/C24H26N4OS2/c1-2-12-27-13-15-28(16-14-27)22-11-7-6-10-20(22)25-23(29)18-31-24-26-21(17-30-24)19-8-4-3-5-9-19/h2-11,17H,1,12-16,18H2,(H,25,29). The van der Waals surface area contributed by atoms with Crippen molar-refractivity contribution in [2.45, 2.75) is 4.34 Å². The van der Waals surface area contributed by atoms with Gasteiger partial charge in [-0.3, -0.25) is 9.69 Å². The number of amides is 1. The Balaban J connectivity index is 1.33. The molecule has 160 valence electrons. The molecule has 2 heterocycles. The Hall–Kier alpha value is -2.61. The van der Waals surface area contributed by atoms with E-state index >= 15 is 0 Å². The van der Waals surface area contributed by atoms with E-state index in [2.05, 4.69) is 32.7 Å². The first-order valence-electron chi connectivity index (χ1n) is 10.3. The maximum atomic E-state index is 12.6. The molecule has 2 aromatic carbocycles. The van der Waals surface area contributed by atoms with Gasteiger partial charge in [-0.15, -0.1) is 17.9 Å². The van der Waals surface area contributed by atoms with Crippen LogP contribution in [0.2, 0.25) is 0 Å². The zero-order valence-electron chi connectivity index (χ0n) is 17.4. The average molecular weight is 451 g/mol. The number of piperazine rings is 1. The van der Waals surface area contributed by atoms with Crippen LogP contribution in [0.4, 0.5) is 11.4 Å². The lowest BCUT2D eigenvalue weighted by atomic mass is 10.2. The van der Waals surface area contributed by atoms with Crippen LogP contribution in [0.5, 0.6) is 0 Å². The van der Waals surface area contributed by atoms with Gasteiger partial charge in [-0.1, -0.05) is 60.3 Å². The van der Waals surface area contributed by atoms with E-state index in [1.165, 1.54) is 11.8 Å². The molecule has 7 heteroatoms. The summed E-state index contributed by atoms with van der Waals surface area (Å²) in [5, 5.41) is 5.14. The highest BCUT2D eigenvalue weighted by molar-refractivity contribution is 8.01. The van der Waals surface area contributed by atoms with Gasteiger partial charge in [-0.2, -0.15) is 0 Å². The van der Waals surface area contributed by atoms with E-state index in [9.17, 15) is 4.79 Å². The summed E-state index contributed by atoms with van der Waals surface area (Å²) in [5.74, 6) is 0.322. The number of aromatic nitrogens is 1. The van der Waals surface area contributed by atoms with Crippen LogP contribution in [0.3, 0.4) is 0 Å². The molecule has 3 aromatic rings. The highest BCUT2D eigenvalue weighted by Gasteiger charge is 2.19. The first-order valence-corrected chi connectivity index (χ1v) is 12.2. The second kappa shape index (κ2) is 10.6. The third kappa shape index (κ3) is 5.76. The van der Waals surface area contributed by atoms with Crippen molar-refractivity contribution in [3.8, 4) is 11.3 Å². The fraction of sp³-hybridized carbons (Fsp3) is 0.250. The van der Waals surface area contributed by atoms with Gasteiger partial charge in [0, 0.05) is 43.7 Å². The zero-order valence-corrected chi connectivity index (χ0v) is 19.0. The van der Waals surface area contributed by atoms with Crippen molar-refractivity contribution < 1.29 is 4.79 Å². The summed E-state index contributed by atoms with van der Waals surface area (Å²) in [4.78, 5) is 22.0. The lowest BCUT2D eigenvalue weighted by Gasteiger charge is -2.36. The molecule has 1 aliphatic heterocycles. The summed E-state index contributed by atoms with van der Waals surface area (Å²) >= 11 is 3.05. The molecular weight excluding hydrogens is 424 g/mol. The molecule has 31 heavy (non-hydrogen) atoms. The molecule has 1 aromatic heterocycles. The lowest BCUT2D eigenvalue weighted by Crippen LogP contribution is -2.46. The van der Waals surface area contributed by atoms with E-state index in [0.717, 1.165) is 59.7 Å². The maximum Gasteiger partial charge on any atom is 0.234 e. The van der Waals surface area contributed by atoms with Crippen molar-refractivity contribution in [2.75, 3.05) is 48.7 Å². The largest absolute Gasteiger partial charge is 0.367 e. The lowest BCUT2D eigenvalue weighted by molar-refractivity contribution is -0.113. The van der Waals surface area contributed by atoms with Gasteiger partial charge < -0.3 is 10.2 Å². The molecule has 0 aliphatic carbocycles. The van der Waals surface area contributed by atoms with Gasteiger partial charge in [0.2, 0.25) is 5.91 Å². The second-order valence-electron chi connectivity index (χ2n) is 7.30. The molecule has 1 aliphatic rings. The van der Waals surface area contributed by atoms with Crippen LogP contribution < -0.4 is 10.2 Å². The molecule has 4 rings (SSSR count). The molecule has 1 fully saturated rings. The molecule has 1 N–H and O–H groups in total. The van der Waals surface area contributed by atoms with Crippen molar-refractivity contribution in [2.24, 2.45) is 0 Å². The molecular formula is C24H26N4OS2. The van der Waals surface area contributed by atoms with Crippen LogP contribution >= 0.6 is 23.1 Å². The molecule has 0 spiro atoms. The van der Waals surface area contributed by atoms with Crippen LogP contribution in [-0.2, 0) is 4.79 Å². The number of thiazole rings is 1. The average Bonchev–Trinajstić information content (AvgIpc) is 3.29. The van der Waals surface area contributed by atoms with Gasteiger partial charge >= 0.3 is 0 Å². The van der Waals surface area contributed by atoms with Gasteiger partial charge in [-0.25, -0.2) is 4.98 Å². The Bertz CT molecular complexity index is 1010. The molecule has 0 radical (unpaired) electrons. The number of nitrogens with zero attached hydrogens (tertiary/aromatic N) is 3. The Kier molecular flexibility index (Phi) is 7.40. The van der Waals surface area contributed by atoms with Crippen molar-refractivity contribution in [3.05, 3.63) is 72.6 Å². The third-order valence-corrected chi connectivity index (χ3v) is 7.18. The third-order valence-electron chi connectivity index (χ3n) is 5.16. The molecule has 0 bridgehead atoms. The number of thioether (sulfide) groups is 1. The Morgan fingerprint density at radius 2 is 1.84 bits per heavy atom. The molecule has 1 saturated heterocycles. The van der Waals surface area contributed by atoms with Gasteiger partial charge in [0.15, 0.2) is 4.34 Å². The van der Waals surface area contributed by atoms with Crippen LogP contribution in [0.15, 0.2) is 77.0 Å². The fourth-order valence-electron chi connectivity index (χ4n) is 3.59. The minimum atomic E-state index is -0.0146. The van der Waals surface area contributed by atoms with Crippen molar-refractivity contribution in [3.63, 3.8) is 0 Å². The monoisotopic (exact) mass is 450 g/mol. The normalized spacial score (nSPS) is 14.4. The number of benzene rings is 2. The molecule has 0 atom stereocenters. The van der Waals surface area contributed by atoms with E-state index in [1.54, 1.807) is 11.3 Å². The van der Waals surface area contributed by atoms with Gasteiger partial charge in [0.05, 0.1) is 22.8 Å². The van der Waals surface area contributed by atoms with E-state index in [4.69, 9.17) is 0 Å². The van der Waals surface area contributed by atoms with E-state index in [1.807, 2.05) is 60.0 Å². The van der Waals surface area contributed by atoms with E-state index < -0.39 is 0 Å². The number of nitrogens with one attached hydrogen (secondary N) is 1. The van der Waals surface area contributed by atoms with E-state index in [-0.39, 0.29) is 5.91 Å². The molecule has 0 saturated carbocycles. The fourth-order valence-corrected chi connectivity index (χ4v) is 5.22. The predicted molar refractivity (Wildman–Crippen MR) is 132 cm³/mol. The Labute approximate surface area is 191 Å².